The Morgan fingerprint density at radius 2 is 2.27 bits per heavy atom. The third kappa shape index (κ3) is 2.02. The monoisotopic (exact) mass is 150 g/mol. The summed E-state index contributed by atoms with van der Waals surface area (Å²) < 4.78 is 0. The van der Waals surface area contributed by atoms with Crippen LogP contribution >= 0.6 is 0 Å². The molecule has 0 aliphatic rings. The van der Waals surface area contributed by atoms with Crippen molar-refractivity contribution in [3.63, 3.8) is 0 Å². The molecule has 0 bridgehead atoms. The summed E-state index contributed by atoms with van der Waals surface area (Å²) >= 11 is 0. The molecule has 0 saturated carbocycles. The van der Waals surface area contributed by atoms with Gasteiger partial charge in [0.15, 0.2) is 0 Å². The van der Waals surface area contributed by atoms with Gasteiger partial charge in [0.25, 0.3) is 0 Å². The minimum absolute atomic E-state index is 0.419. The maximum absolute atomic E-state index is 5.53. The Kier molecular flexibility index (Phi) is 2.60. The number of nitrogens with zero attached hydrogens (tertiary/aromatic N) is 1. The maximum Gasteiger partial charge on any atom is 0.0303 e. The van der Waals surface area contributed by atoms with Crippen molar-refractivity contribution in [2.75, 3.05) is 6.54 Å². The Bertz CT molecular complexity index is 233. The second-order valence-electron chi connectivity index (χ2n) is 2.93. The quantitative estimate of drug-likeness (QED) is 0.693. The molecular weight excluding hydrogens is 136 g/mol. The summed E-state index contributed by atoms with van der Waals surface area (Å²) in [6.45, 7) is 4.83. The highest BCUT2D eigenvalue weighted by atomic mass is 14.6. The molecule has 0 amide bonds. The molecule has 0 aromatic carbocycles. The molecule has 1 rings (SSSR count). The minimum Gasteiger partial charge on any atom is -0.330 e. The Balaban J connectivity index is 2.86. The van der Waals surface area contributed by atoms with Gasteiger partial charge in [0.1, 0.15) is 0 Å². The van der Waals surface area contributed by atoms with Gasteiger partial charge in [-0.2, -0.15) is 0 Å². The number of pyridine rings is 1. The van der Waals surface area contributed by atoms with Gasteiger partial charge < -0.3 is 5.73 Å². The molecule has 0 aliphatic heterocycles. The van der Waals surface area contributed by atoms with Crippen LogP contribution < -0.4 is 5.73 Å². The van der Waals surface area contributed by atoms with Gasteiger partial charge in [-0.05, 0) is 30.5 Å². The standard InChI is InChI=1S/C9H14N2/c1-7-3-9(6-11-5-7)8(2)4-10/h3,5-6,8H,4,10H2,1-2H3. The fourth-order valence-electron chi connectivity index (χ4n) is 0.984. The van der Waals surface area contributed by atoms with Gasteiger partial charge in [-0.15, -0.1) is 0 Å². The van der Waals surface area contributed by atoms with E-state index in [2.05, 4.69) is 18.0 Å². The van der Waals surface area contributed by atoms with Crippen LogP contribution in [0.5, 0.6) is 0 Å². The van der Waals surface area contributed by atoms with Crippen LogP contribution in [-0.2, 0) is 0 Å². The van der Waals surface area contributed by atoms with Crippen LogP contribution in [0, 0.1) is 6.92 Å². The summed E-state index contributed by atoms with van der Waals surface area (Å²) in [5.74, 6) is 0.419. The Morgan fingerprint density at radius 3 is 2.82 bits per heavy atom. The highest BCUT2D eigenvalue weighted by molar-refractivity contribution is 5.20. The Hall–Kier alpha value is -0.890. The summed E-state index contributed by atoms with van der Waals surface area (Å²) in [6, 6.07) is 2.13. The predicted octanol–water partition coefficient (Wildman–Crippen LogP) is 1.45. The van der Waals surface area contributed by atoms with Crippen molar-refractivity contribution in [2.24, 2.45) is 5.73 Å². The lowest BCUT2D eigenvalue weighted by molar-refractivity contribution is 0.768. The molecule has 2 N–H and O–H groups in total. The highest BCUT2D eigenvalue weighted by Crippen LogP contribution is 2.12. The van der Waals surface area contributed by atoms with E-state index in [1.807, 2.05) is 19.3 Å². The lowest BCUT2D eigenvalue weighted by atomic mass is 10.0. The zero-order chi connectivity index (χ0) is 8.27. The predicted molar refractivity (Wildman–Crippen MR) is 46.4 cm³/mol. The van der Waals surface area contributed by atoms with Crippen molar-refractivity contribution in [1.29, 1.82) is 0 Å². The van der Waals surface area contributed by atoms with Crippen LogP contribution in [0.3, 0.4) is 0 Å². The maximum atomic E-state index is 5.53. The lowest BCUT2D eigenvalue weighted by Gasteiger charge is -2.07. The molecule has 60 valence electrons. The van der Waals surface area contributed by atoms with Crippen molar-refractivity contribution in [1.82, 2.24) is 4.98 Å². The van der Waals surface area contributed by atoms with E-state index in [4.69, 9.17) is 5.73 Å². The number of aryl methyl sites for hydroxylation is 1. The van der Waals surface area contributed by atoms with Crippen LogP contribution in [0.4, 0.5) is 0 Å². The van der Waals surface area contributed by atoms with Crippen molar-refractivity contribution < 1.29 is 0 Å². The van der Waals surface area contributed by atoms with Gasteiger partial charge in [-0.3, -0.25) is 4.98 Å². The number of hydrogen-bond donors (Lipinski definition) is 1. The smallest absolute Gasteiger partial charge is 0.0303 e. The van der Waals surface area contributed by atoms with Crippen molar-refractivity contribution in [3.05, 3.63) is 29.6 Å². The van der Waals surface area contributed by atoms with Crippen molar-refractivity contribution in [3.8, 4) is 0 Å². The molecule has 0 fully saturated rings. The van der Waals surface area contributed by atoms with Gasteiger partial charge in [-0.1, -0.05) is 13.0 Å². The molecule has 2 nitrogen and oxygen atoms in total. The van der Waals surface area contributed by atoms with Crippen molar-refractivity contribution >= 4 is 0 Å². The fraction of sp³-hybridized carbons (Fsp3) is 0.444. The SMILES string of the molecule is Cc1cncc(C(C)CN)c1. The second kappa shape index (κ2) is 3.49. The van der Waals surface area contributed by atoms with E-state index in [9.17, 15) is 0 Å². The molecule has 0 spiro atoms. The van der Waals surface area contributed by atoms with Crippen LogP contribution in [-0.4, -0.2) is 11.5 Å². The molecule has 1 aromatic heterocycles. The molecule has 1 unspecified atom stereocenters. The van der Waals surface area contributed by atoms with E-state index in [0.29, 0.717) is 12.5 Å². The molecule has 1 atom stereocenters. The summed E-state index contributed by atoms with van der Waals surface area (Å²) in [5, 5.41) is 0. The molecule has 2 heteroatoms. The average molecular weight is 150 g/mol. The highest BCUT2D eigenvalue weighted by Gasteiger charge is 2.01. The number of hydrogen-bond acceptors (Lipinski definition) is 2. The molecular formula is C9H14N2. The molecule has 11 heavy (non-hydrogen) atoms. The van der Waals surface area contributed by atoms with E-state index in [0.717, 1.165) is 0 Å². The summed E-state index contributed by atoms with van der Waals surface area (Å²) in [5.41, 5.74) is 7.95. The first-order chi connectivity index (χ1) is 5.24. The van der Waals surface area contributed by atoms with E-state index in [1.165, 1.54) is 11.1 Å². The minimum atomic E-state index is 0.419. The van der Waals surface area contributed by atoms with Crippen LogP contribution in [0.2, 0.25) is 0 Å². The van der Waals surface area contributed by atoms with E-state index >= 15 is 0 Å². The number of rotatable bonds is 2. The largest absolute Gasteiger partial charge is 0.330 e. The zero-order valence-corrected chi connectivity index (χ0v) is 7.04. The number of nitrogens with two attached hydrogens (primary N) is 1. The van der Waals surface area contributed by atoms with E-state index < -0.39 is 0 Å². The zero-order valence-electron chi connectivity index (χ0n) is 7.04. The van der Waals surface area contributed by atoms with Gasteiger partial charge in [0.05, 0.1) is 0 Å². The second-order valence-corrected chi connectivity index (χ2v) is 2.93. The van der Waals surface area contributed by atoms with E-state index in [-0.39, 0.29) is 0 Å². The lowest BCUT2D eigenvalue weighted by Crippen LogP contribution is -2.09. The topological polar surface area (TPSA) is 38.9 Å². The third-order valence-electron chi connectivity index (χ3n) is 1.82. The average Bonchev–Trinajstić information content (AvgIpc) is 2.03. The first-order valence-corrected chi connectivity index (χ1v) is 3.85. The molecule has 0 aliphatic carbocycles. The summed E-state index contributed by atoms with van der Waals surface area (Å²) in [6.07, 6.45) is 3.73. The molecule has 1 heterocycles. The van der Waals surface area contributed by atoms with Crippen LogP contribution in [0.1, 0.15) is 24.0 Å². The van der Waals surface area contributed by atoms with Crippen molar-refractivity contribution in [2.45, 2.75) is 19.8 Å². The number of aromatic nitrogens is 1. The summed E-state index contributed by atoms with van der Waals surface area (Å²) in [4.78, 5) is 4.10. The first kappa shape index (κ1) is 8.21. The molecule has 0 radical (unpaired) electrons. The molecule has 1 aromatic rings. The summed E-state index contributed by atoms with van der Waals surface area (Å²) in [7, 11) is 0. The van der Waals surface area contributed by atoms with E-state index in [1.54, 1.807) is 0 Å². The van der Waals surface area contributed by atoms with Gasteiger partial charge >= 0.3 is 0 Å². The Morgan fingerprint density at radius 1 is 1.55 bits per heavy atom. The third-order valence-corrected chi connectivity index (χ3v) is 1.82. The van der Waals surface area contributed by atoms with Gasteiger partial charge in [-0.25, -0.2) is 0 Å². The van der Waals surface area contributed by atoms with Gasteiger partial charge in [0, 0.05) is 12.4 Å². The normalized spacial score (nSPS) is 13.0. The fourth-order valence-corrected chi connectivity index (χ4v) is 0.984. The van der Waals surface area contributed by atoms with Crippen LogP contribution in [0.25, 0.3) is 0 Å². The Labute approximate surface area is 67.5 Å². The van der Waals surface area contributed by atoms with Crippen LogP contribution in [0.15, 0.2) is 18.5 Å². The van der Waals surface area contributed by atoms with Gasteiger partial charge in [0.2, 0.25) is 0 Å². The molecule has 0 saturated heterocycles. The first-order valence-electron chi connectivity index (χ1n) is 3.85.